The monoisotopic (exact) mass is 247 g/mol. The number of nitrogens with two attached hydrogens (primary N) is 1. The lowest BCUT2D eigenvalue weighted by Gasteiger charge is -2.29. The van der Waals surface area contributed by atoms with Crippen LogP contribution in [0.15, 0.2) is 18.2 Å². The molecule has 2 nitrogen and oxygen atoms in total. The van der Waals surface area contributed by atoms with Gasteiger partial charge in [-0.1, -0.05) is 38.3 Å². The highest BCUT2D eigenvalue weighted by molar-refractivity contribution is 5.39. The van der Waals surface area contributed by atoms with E-state index in [2.05, 4.69) is 25.1 Å². The van der Waals surface area contributed by atoms with E-state index in [0.717, 1.165) is 12.2 Å². The molecule has 2 rings (SSSR count). The lowest BCUT2D eigenvalue weighted by atomic mass is 9.81. The minimum atomic E-state index is 0.131. The van der Waals surface area contributed by atoms with E-state index in [1.165, 1.54) is 43.2 Å². The predicted molar refractivity (Wildman–Crippen MR) is 75.9 cm³/mol. The van der Waals surface area contributed by atoms with Gasteiger partial charge in [0.25, 0.3) is 0 Å². The normalized spacial score (nSPS) is 18.6. The maximum absolute atomic E-state index is 6.49. The van der Waals surface area contributed by atoms with Gasteiger partial charge in [-0.25, -0.2) is 0 Å². The molecule has 2 N–H and O–H groups in total. The average Bonchev–Trinajstić information content (AvgIpc) is 2.46. The maximum atomic E-state index is 6.49. The van der Waals surface area contributed by atoms with E-state index in [-0.39, 0.29) is 6.04 Å². The van der Waals surface area contributed by atoms with Crippen molar-refractivity contribution >= 4 is 0 Å². The SMILES string of the molecule is CCc1ccc(OC)c(C(N)C2CCCCC2)c1. The number of rotatable bonds is 4. The Labute approximate surface area is 111 Å². The van der Waals surface area contributed by atoms with Gasteiger partial charge in [0, 0.05) is 11.6 Å². The van der Waals surface area contributed by atoms with E-state index in [1.54, 1.807) is 7.11 Å². The molecule has 0 spiro atoms. The smallest absolute Gasteiger partial charge is 0.123 e. The van der Waals surface area contributed by atoms with E-state index in [9.17, 15) is 0 Å². The largest absolute Gasteiger partial charge is 0.496 e. The minimum absolute atomic E-state index is 0.131. The summed E-state index contributed by atoms with van der Waals surface area (Å²) in [6.07, 6.45) is 7.60. The van der Waals surface area contributed by atoms with Gasteiger partial charge in [-0.05, 0) is 36.8 Å². The average molecular weight is 247 g/mol. The molecule has 0 heterocycles. The zero-order valence-corrected chi connectivity index (χ0v) is 11.6. The summed E-state index contributed by atoms with van der Waals surface area (Å²) in [5, 5.41) is 0. The molecule has 0 aromatic heterocycles. The second-order valence-electron chi connectivity index (χ2n) is 5.35. The molecule has 1 saturated carbocycles. The molecule has 0 amide bonds. The molecule has 100 valence electrons. The van der Waals surface area contributed by atoms with Crippen molar-refractivity contribution in [3.63, 3.8) is 0 Å². The third kappa shape index (κ3) is 2.86. The molecule has 1 unspecified atom stereocenters. The number of methoxy groups -OCH3 is 1. The maximum Gasteiger partial charge on any atom is 0.123 e. The first-order valence-electron chi connectivity index (χ1n) is 7.18. The Morgan fingerprint density at radius 2 is 2.00 bits per heavy atom. The predicted octanol–water partition coefficient (Wildman–Crippen LogP) is 3.84. The van der Waals surface area contributed by atoms with Crippen LogP contribution >= 0.6 is 0 Å². The van der Waals surface area contributed by atoms with Crippen molar-refractivity contribution in [2.45, 2.75) is 51.5 Å². The lowest BCUT2D eigenvalue weighted by molar-refractivity contribution is 0.301. The van der Waals surface area contributed by atoms with Crippen LogP contribution in [0.1, 0.15) is 56.2 Å². The summed E-state index contributed by atoms with van der Waals surface area (Å²) >= 11 is 0. The second-order valence-corrected chi connectivity index (χ2v) is 5.35. The Bertz CT molecular complexity index is 383. The van der Waals surface area contributed by atoms with Crippen LogP contribution in [0.25, 0.3) is 0 Å². The van der Waals surface area contributed by atoms with Gasteiger partial charge in [0.2, 0.25) is 0 Å². The van der Waals surface area contributed by atoms with Crippen LogP contribution in [0.4, 0.5) is 0 Å². The van der Waals surface area contributed by atoms with E-state index in [0.29, 0.717) is 5.92 Å². The fourth-order valence-electron chi connectivity index (χ4n) is 3.01. The van der Waals surface area contributed by atoms with Crippen LogP contribution in [-0.4, -0.2) is 7.11 Å². The molecular weight excluding hydrogens is 222 g/mol. The summed E-state index contributed by atoms with van der Waals surface area (Å²) < 4.78 is 5.48. The highest BCUT2D eigenvalue weighted by Gasteiger charge is 2.24. The van der Waals surface area contributed by atoms with Crippen molar-refractivity contribution in [1.29, 1.82) is 0 Å². The highest BCUT2D eigenvalue weighted by atomic mass is 16.5. The van der Waals surface area contributed by atoms with Gasteiger partial charge in [0.1, 0.15) is 5.75 Å². The Hall–Kier alpha value is -1.02. The van der Waals surface area contributed by atoms with E-state index >= 15 is 0 Å². The number of aryl methyl sites for hydroxylation is 1. The summed E-state index contributed by atoms with van der Waals surface area (Å²) in [7, 11) is 1.73. The highest BCUT2D eigenvalue weighted by Crippen LogP contribution is 2.36. The van der Waals surface area contributed by atoms with Crippen LogP contribution in [-0.2, 0) is 6.42 Å². The van der Waals surface area contributed by atoms with Gasteiger partial charge in [-0.15, -0.1) is 0 Å². The molecule has 0 aliphatic heterocycles. The second kappa shape index (κ2) is 6.24. The number of benzene rings is 1. The number of ether oxygens (including phenoxy) is 1. The summed E-state index contributed by atoms with van der Waals surface area (Å²) in [5.41, 5.74) is 9.03. The first-order valence-corrected chi connectivity index (χ1v) is 7.18. The number of hydrogen-bond donors (Lipinski definition) is 1. The molecular formula is C16H25NO. The van der Waals surface area contributed by atoms with Crippen molar-refractivity contribution < 1.29 is 4.74 Å². The Kier molecular flexibility index (Phi) is 4.65. The van der Waals surface area contributed by atoms with Crippen molar-refractivity contribution in [3.05, 3.63) is 29.3 Å². The third-order valence-electron chi connectivity index (χ3n) is 4.22. The molecule has 18 heavy (non-hydrogen) atoms. The Morgan fingerprint density at radius 1 is 1.28 bits per heavy atom. The molecule has 1 aromatic rings. The molecule has 1 aromatic carbocycles. The van der Waals surface area contributed by atoms with Gasteiger partial charge in [-0.2, -0.15) is 0 Å². The molecule has 2 heteroatoms. The molecule has 1 atom stereocenters. The molecule has 0 saturated heterocycles. The van der Waals surface area contributed by atoms with Crippen LogP contribution in [0.3, 0.4) is 0 Å². The standard InChI is InChI=1S/C16H25NO/c1-3-12-9-10-15(18-2)14(11-12)16(17)13-7-5-4-6-8-13/h9-11,13,16H,3-8,17H2,1-2H3. The topological polar surface area (TPSA) is 35.2 Å². The van der Waals surface area contributed by atoms with Gasteiger partial charge in [-0.3, -0.25) is 0 Å². The molecule has 0 radical (unpaired) electrons. The van der Waals surface area contributed by atoms with Gasteiger partial charge >= 0.3 is 0 Å². The van der Waals surface area contributed by atoms with E-state index in [4.69, 9.17) is 10.5 Å². The molecule has 1 fully saturated rings. The van der Waals surface area contributed by atoms with Crippen LogP contribution in [0, 0.1) is 5.92 Å². The summed E-state index contributed by atoms with van der Waals surface area (Å²) in [4.78, 5) is 0. The third-order valence-corrected chi connectivity index (χ3v) is 4.22. The Balaban J connectivity index is 2.23. The van der Waals surface area contributed by atoms with Gasteiger partial charge < -0.3 is 10.5 Å². The molecule has 0 bridgehead atoms. The first kappa shape index (κ1) is 13.4. The zero-order valence-electron chi connectivity index (χ0n) is 11.6. The molecule has 1 aliphatic rings. The molecule has 1 aliphatic carbocycles. The van der Waals surface area contributed by atoms with Crippen molar-refractivity contribution in [3.8, 4) is 5.75 Å². The first-order chi connectivity index (χ1) is 8.76. The van der Waals surface area contributed by atoms with E-state index < -0.39 is 0 Å². The lowest BCUT2D eigenvalue weighted by Crippen LogP contribution is -2.24. The summed E-state index contributed by atoms with van der Waals surface area (Å²) in [6, 6.07) is 6.57. The van der Waals surface area contributed by atoms with Crippen molar-refractivity contribution in [2.24, 2.45) is 11.7 Å². The quantitative estimate of drug-likeness (QED) is 0.877. The fourth-order valence-corrected chi connectivity index (χ4v) is 3.01. The Morgan fingerprint density at radius 3 is 2.61 bits per heavy atom. The van der Waals surface area contributed by atoms with E-state index in [1.807, 2.05) is 0 Å². The number of hydrogen-bond acceptors (Lipinski definition) is 2. The summed E-state index contributed by atoms with van der Waals surface area (Å²) in [5.74, 6) is 1.57. The van der Waals surface area contributed by atoms with Gasteiger partial charge in [0.15, 0.2) is 0 Å². The fraction of sp³-hybridized carbons (Fsp3) is 0.625. The van der Waals surface area contributed by atoms with Crippen LogP contribution < -0.4 is 10.5 Å². The van der Waals surface area contributed by atoms with Crippen LogP contribution in [0.5, 0.6) is 5.75 Å². The van der Waals surface area contributed by atoms with Crippen LogP contribution in [0.2, 0.25) is 0 Å². The van der Waals surface area contributed by atoms with Crippen molar-refractivity contribution in [1.82, 2.24) is 0 Å². The minimum Gasteiger partial charge on any atom is -0.496 e. The summed E-state index contributed by atoms with van der Waals surface area (Å²) in [6.45, 7) is 2.18. The zero-order chi connectivity index (χ0) is 13.0. The van der Waals surface area contributed by atoms with Crippen molar-refractivity contribution in [2.75, 3.05) is 7.11 Å². The van der Waals surface area contributed by atoms with Gasteiger partial charge in [0.05, 0.1) is 7.11 Å².